The zero-order chi connectivity index (χ0) is 13.1. The molecule has 2 nitrogen and oxygen atoms in total. The second kappa shape index (κ2) is 5.18. The normalized spacial score (nSPS) is 12.3. The van der Waals surface area contributed by atoms with Crippen molar-refractivity contribution < 1.29 is 17.6 Å². The lowest BCUT2D eigenvalue weighted by molar-refractivity contribution is -0.137. The standard InChI is InChI=1S/C11H12F4N2/c1-17-4-2-3-7-5-9(12)10(16)6-8(7)11(13,14)15/h2-3,5-6,17H,4,16H2,1H3. The van der Waals surface area contributed by atoms with Gasteiger partial charge in [0, 0.05) is 6.54 Å². The second-order valence-corrected chi connectivity index (χ2v) is 3.42. The molecular weight excluding hydrogens is 236 g/mol. The molecule has 0 spiro atoms. The van der Waals surface area contributed by atoms with Gasteiger partial charge in [-0.15, -0.1) is 0 Å². The molecule has 1 aromatic rings. The highest BCUT2D eigenvalue weighted by molar-refractivity contribution is 5.60. The Kier molecular flexibility index (Phi) is 4.11. The van der Waals surface area contributed by atoms with E-state index in [1.807, 2.05) is 0 Å². The van der Waals surface area contributed by atoms with E-state index in [1.54, 1.807) is 7.05 Å². The van der Waals surface area contributed by atoms with Gasteiger partial charge in [0.25, 0.3) is 0 Å². The summed E-state index contributed by atoms with van der Waals surface area (Å²) in [5, 5.41) is 2.74. The molecule has 0 bridgehead atoms. The lowest BCUT2D eigenvalue weighted by atomic mass is 10.0. The molecule has 1 aromatic carbocycles. The van der Waals surface area contributed by atoms with Crippen LogP contribution in [-0.4, -0.2) is 13.6 Å². The van der Waals surface area contributed by atoms with E-state index in [1.165, 1.54) is 12.2 Å². The Bertz CT molecular complexity index is 424. The van der Waals surface area contributed by atoms with Crippen LogP contribution in [0.1, 0.15) is 11.1 Å². The molecule has 0 radical (unpaired) electrons. The van der Waals surface area contributed by atoms with Crippen LogP contribution < -0.4 is 11.1 Å². The molecule has 0 saturated carbocycles. The van der Waals surface area contributed by atoms with Gasteiger partial charge in [-0.25, -0.2) is 4.39 Å². The molecule has 0 fully saturated rings. The Labute approximate surface area is 96.1 Å². The van der Waals surface area contributed by atoms with Crippen molar-refractivity contribution in [3.63, 3.8) is 0 Å². The third-order valence-electron chi connectivity index (χ3n) is 2.09. The molecule has 6 heteroatoms. The Morgan fingerprint density at radius 1 is 1.35 bits per heavy atom. The number of anilines is 1. The van der Waals surface area contributed by atoms with Gasteiger partial charge in [-0.05, 0) is 24.7 Å². The van der Waals surface area contributed by atoms with Gasteiger partial charge in [-0.3, -0.25) is 0 Å². The van der Waals surface area contributed by atoms with E-state index in [9.17, 15) is 17.6 Å². The first-order valence-corrected chi connectivity index (χ1v) is 4.83. The van der Waals surface area contributed by atoms with Crippen molar-refractivity contribution in [1.29, 1.82) is 0 Å². The number of alkyl halides is 3. The Balaban J connectivity index is 3.22. The maximum absolute atomic E-state index is 13.1. The van der Waals surface area contributed by atoms with Crippen LogP contribution in [0.3, 0.4) is 0 Å². The Morgan fingerprint density at radius 2 is 2.00 bits per heavy atom. The van der Waals surface area contributed by atoms with Crippen molar-refractivity contribution in [3.8, 4) is 0 Å². The molecule has 0 heterocycles. The molecule has 0 aliphatic carbocycles. The Hall–Kier alpha value is -1.56. The highest BCUT2D eigenvalue weighted by atomic mass is 19.4. The fourth-order valence-electron chi connectivity index (χ4n) is 1.29. The van der Waals surface area contributed by atoms with E-state index in [0.29, 0.717) is 12.6 Å². The van der Waals surface area contributed by atoms with E-state index in [4.69, 9.17) is 5.73 Å². The topological polar surface area (TPSA) is 38.0 Å². The summed E-state index contributed by atoms with van der Waals surface area (Å²) in [4.78, 5) is 0. The van der Waals surface area contributed by atoms with Crippen LogP contribution in [0.4, 0.5) is 23.2 Å². The summed E-state index contributed by atoms with van der Waals surface area (Å²) < 4.78 is 51.0. The summed E-state index contributed by atoms with van der Waals surface area (Å²) >= 11 is 0. The van der Waals surface area contributed by atoms with Gasteiger partial charge in [0.2, 0.25) is 0 Å². The highest BCUT2D eigenvalue weighted by Crippen LogP contribution is 2.34. The van der Waals surface area contributed by atoms with Gasteiger partial charge in [0.05, 0.1) is 11.3 Å². The lowest BCUT2D eigenvalue weighted by Gasteiger charge is -2.11. The third kappa shape index (κ3) is 3.45. The number of halogens is 4. The number of hydrogen-bond acceptors (Lipinski definition) is 2. The average molecular weight is 248 g/mol. The van der Waals surface area contributed by atoms with Gasteiger partial charge < -0.3 is 11.1 Å². The molecule has 1 rings (SSSR count). The minimum Gasteiger partial charge on any atom is -0.396 e. The van der Waals surface area contributed by atoms with Crippen molar-refractivity contribution in [1.82, 2.24) is 5.32 Å². The van der Waals surface area contributed by atoms with Crippen LogP contribution in [0.25, 0.3) is 6.08 Å². The van der Waals surface area contributed by atoms with Crippen molar-refractivity contribution >= 4 is 11.8 Å². The zero-order valence-corrected chi connectivity index (χ0v) is 9.11. The van der Waals surface area contributed by atoms with Crippen LogP contribution in [0.15, 0.2) is 18.2 Å². The predicted octanol–water partition coefficient (Wildman–Crippen LogP) is 2.66. The maximum Gasteiger partial charge on any atom is 0.417 e. The van der Waals surface area contributed by atoms with Gasteiger partial charge >= 0.3 is 6.18 Å². The van der Waals surface area contributed by atoms with E-state index < -0.39 is 23.2 Å². The molecule has 0 aliphatic rings. The smallest absolute Gasteiger partial charge is 0.396 e. The average Bonchev–Trinajstić information content (AvgIpc) is 2.21. The molecule has 0 atom stereocenters. The first-order chi connectivity index (χ1) is 7.86. The van der Waals surface area contributed by atoms with Crippen LogP contribution in [0.2, 0.25) is 0 Å². The highest BCUT2D eigenvalue weighted by Gasteiger charge is 2.33. The van der Waals surface area contributed by atoms with Gasteiger partial charge in [0.1, 0.15) is 5.82 Å². The number of nitrogen functional groups attached to an aromatic ring is 1. The quantitative estimate of drug-likeness (QED) is 0.637. The molecular formula is C11H12F4N2. The van der Waals surface area contributed by atoms with Crippen LogP contribution in [-0.2, 0) is 6.18 Å². The summed E-state index contributed by atoms with van der Waals surface area (Å²) in [5.41, 5.74) is 3.44. The summed E-state index contributed by atoms with van der Waals surface area (Å²) in [6.45, 7) is 0.392. The molecule has 17 heavy (non-hydrogen) atoms. The predicted molar refractivity (Wildman–Crippen MR) is 58.8 cm³/mol. The fraction of sp³-hybridized carbons (Fsp3) is 0.273. The molecule has 0 aromatic heterocycles. The second-order valence-electron chi connectivity index (χ2n) is 3.42. The number of benzene rings is 1. The van der Waals surface area contributed by atoms with Crippen molar-refractivity contribution in [3.05, 3.63) is 35.2 Å². The van der Waals surface area contributed by atoms with Gasteiger partial charge in [0.15, 0.2) is 0 Å². The minimum atomic E-state index is -4.55. The number of rotatable bonds is 3. The molecule has 0 aliphatic heterocycles. The van der Waals surface area contributed by atoms with E-state index in [0.717, 1.165) is 6.07 Å². The van der Waals surface area contributed by atoms with E-state index >= 15 is 0 Å². The number of nitrogens with two attached hydrogens (primary N) is 1. The SMILES string of the molecule is CNCC=Cc1cc(F)c(N)cc1C(F)(F)F. The largest absolute Gasteiger partial charge is 0.417 e. The molecule has 0 unspecified atom stereocenters. The zero-order valence-electron chi connectivity index (χ0n) is 9.11. The number of nitrogens with one attached hydrogen (secondary N) is 1. The summed E-state index contributed by atoms with van der Waals surface area (Å²) in [7, 11) is 1.65. The summed E-state index contributed by atoms with van der Waals surface area (Å²) in [5.74, 6) is -0.859. The van der Waals surface area contributed by atoms with Crippen molar-refractivity contribution in [2.24, 2.45) is 0 Å². The summed E-state index contributed by atoms with van der Waals surface area (Å²) in [6, 6.07) is 1.39. The molecule has 0 saturated heterocycles. The van der Waals surface area contributed by atoms with Crippen molar-refractivity contribution in [2.75, 3.05) is 19.3 Å². The fourth-order valence-corrected chi connectivity index (χ4v) is 1.29. The number of hydrogen-bond donors (Lipinski definition) is 2. The van der Waals surface area contributed by atoms with Gasteiger partial charge in [-0.2, -0.15) is 13.2 Å². The first-order valence-electron chi connectivity index (χ1n) is 4.83. The van der Waals surface area contributed by atoms with Crippen LogP contribution >= 0.6 is 0 Å². The maximum atomic E-state index is 13.1. The van der Waals surface area contributed by atoms with Crippen molar-refractivity contribution in [2.45, 2.75) is 6.18 Å². The number of likely N-dealkylation sites (N-methyl/N-ethyl adjacent to an activating group) is 1. The Morgan fingerprint density at radius 3 is 2.53 bits per heavy atom. The van der Waals surface area contributed by atoms with Crippen LogP contribution in [0.5, 0.6) is 0 Å². The molecule has 94 valence electrons. The molecule has 3 N–H and O–H groups in total. The third-order valence-corrected chi connectivity index (χ3v) is 2.09. The minimum absolute atomic E-state index is 0.237. The first kappa shape index (κ1) is 13.5. The lowest BCUT2D eigenvalue weighted by Crippen LogP contribution is -2.10. The van der Waals surface area contributed by atoms with Crippen LogP contribution in [0, 0.1) is 5.82 Å². The monoisotopic (exact) mass is 248 g/mol. The summed E-state index contributed by atoms with van der Waals surface area (Å²) in [6.07, 6.45) is -1.87. The van der Waals surface area contributed by atoms with E-state index in [2.05, 4.69) is 5.32 Å². The van der Waals surface area contributed by atoms with Gasteiger partial charge in [-0.1, -0.05) is 12.2 Å². The molecule has 0 amide bonds. The van der Waals surface area contributed by atoms with E-state index in [-0.39, 0.29) is 5.56 Å².